The summed E-state index contributed by atoms with van der Waals surface area (Å²) >= 11 is 0. The first kappa shape index (κ1) is 12.9. The highest BCUT2D eigenvalue weighted by Crippen LogP contribution is 2.05. The second-order valence-electron chi connectivity index (χ2n) is 4.09. The molecule has 0 saturated carbocycles. The van der Waals surface area contributed by atoms with E-state index in [4.69, 9.17) is 9.47 Å². The molecule has 4 heteroatoms. The molecule has 4 nitrogen and oxygen atoms in total. The first-order valence-electron chi connectivity index (χ1n) is 5.87. The molecule has 0 spiro atoms. The molecule has 0 radical (unpaired) electrons. The van der Waals surface area contributed by atoms with Crippen molar-refractivity contribution in [2.45, 2.75) is 31.9 Å². The number of ether oxygens (including phenoxy) is 2. The summed E-state index contributed by atoms with van der Waals surface area (Å²) < 4.78 is 10.4. The Hall–Kier alpha value is -0.160. The Morgan fingerprint density at radius 1 is 1.33 bits per heavy atom. The molecule has 1 rings (SSSR count). The summed E-state index contributed by atoms with van der Waals surface area (Å²) in [6, 6.07) is 0.653. The van der Waals surface area contributed by atoms with Crippen LogP contribution in [0.1, 0.15) is 19.8 Å². The summed E-state index contributed by atoms with van der Waals surface area (Å²) in [5.74, 6) is 0. The van der Waals surface area contributed by atoms with Crippen LogP contribution in [-0.2, 0) is 9.47 Å². The molecule has 0 aromatic carbocycles. The van der Waals surface area contributed by atoms with Gasteiger partial charge in [-0.15, -0.1) is 0 Å². The van der Waals surface area contributed by atoms with Gasteiger partial charge in [0.25, 0.3) is 0 Å². The summed E-state index contributed by atoms with van der Waals surface area (Å²) in [5.41, 5.74) is 0. The lowest BCUT2D eigenvalue weighted by atomic mass is 10.1. The molecule has 1 heterocycles. The minimum absolute atomic E-state index is 0.299. The van der Waals surface area contributed by atoms with Crippen LogP contribution in [0.2, 0.25) is 0 Å². The predicted octanol–water partition coefficient (Wildman–Crippen LogP) is 0.380. The quantitative estimate of drug-likeness (QED) is 0.604. The zero-order chi connectivity index (χ0) is 10.9. The summed E-state index contributed by atoms with van der Waals surface area (Å²) in [5, 5.41) is 6.89. The van der Waals surface area contributed by atoms with Gasteiger partial charge in [-0.1, -0.05) is 0 Å². The van der Waals surface area contributed by atoms with Crippen molar-refractivity contribution in [2.24, 2.45) is 0 Å². The van der Waals surface area contributed by atoms with Crippen molar-refractivity contribution in [3.05, 3.63) is 0 Å². The Balaban J connectivity index is 1.87. The van der Waals surface area contributed by atoms with Crippen LogP contribution < -0.4 is 10.6 Å². The molecule has 0 aliphatic carbocycles. The Kier molecular flexibility index (Phi) is 6.92. The highest BCUT2D eigenvalue weighted by molar-refractivity contribution is 4.70. The number of methoxy groups -OCH3 is 1. The van der Waals surface area contributed by atoms with E-state index in [2.05, 4.69) is 17.6 Å². The van der Waals surface area contributed by atoms with E-state index >= 15 is 0 Å². The van der Waals surface area contributed by atoms with Gasteiger partial charge in [-0.3, -0.25) is 0 Å². The normalized spacial score (nSPS) is 20.4. The van der Waals surface area contributed by atoms with E-state index in [-0.39, 0.29) is 0 Å². The van der Waals surface area contributed by atoms with Crippen LogP contribution in [0, 0.1) is 0 Å². The fourth-order valence-corrected chi connectivity index (χ4v) is 1.66. The van der Waals surface area contributed by atoms with E-state index in [0.29, 0.717) is 12.1 Å². The van der Waals surface area contributed by atoms with Gasteiger partial charge in [-0.2, -0.15) is 0 Å². The first-order valence-corrected chi connectivity index (χ1v) is 5.87. The maximum absolute atomic E-state index is 5.30. The second kappa shape index (κ2) is 8.05. The molecule has 15 heavy (non-hydrogen) atoms. The molecule has 2 N–H and O–H groups in total. The van der Waals surface area contributed by atoms with Crippen LogP contribution in [0.25, 0.3) is 0 Å². The van der Waals surface area contributed by atoms with Gasteiger partial charge in [0.2, 0.25) is 0 Å². The van der Waals surface area contributed by atoms with Crippen molar-refractivity contribution in [2.75, 3.05) is 40.0 Å². The molecule has 0 amide bonds. The summed E-state index contributed by atoms with van der Waals surface area (Å²) in [4.78, 5) is 0. The SMILES string of the molecule is COC(C)CNCCNC1CCOCC1. The molecule has 1 fully saturated rings. The van der Waals surface area contributed by atoms with Gasteiger partial charge in [0.1, 0.15) is 0 Å². The van der Waals surface area contributed by atoms with Crippen molar-refractivity contribution in [3.8, 4) is 0 Å². The Morgan fingerprint density at radius 3 is 2.73 bits per heavy atom. The lowest BCUT2D eigenvalue weighted by Gasteiger charge is -2.23. The third kappa shape index (κ3) is 6.10. The molecule has 90 valence electrons. The van der Waals surface area contributed by atoms with E-state index in [0.717, 1.165) is 45.7 Å². The molecular weight excluding hydrogens is 192 g/mol. The van der Waals surface area contributed by atoms with E-state index in [1.807, 2.05) is 0 Å². The van der Waals surface area contributed by atoms with E-state index < -0.39 is 0 Å². The fourth-order valence-electron chi connectivity index (χ4n) is 1.66. The van der Waals surface area contributed by atoms with Crippen LogP contribution in [0.5, 0.6) is 0 Å². The number of hydrogen-bond acceptors (Lipinski definition) is 4. The van der Waals surface area contributed by atoms with Crippen molar-refractivity contribution in [1.82, 2.24) is 10.6 Å². The third-order valence-corrected chi connectivity index (χ3v) is 2.79. The average Bonchev–Trinajstić information content (AvgIpc) is 2.29. The van der Waals surface area contributed by atoms with E-state index in [1.54, 1.807) is 7.11 Å². The van der Waals surface area contributed by atoms with Gasteiger partial charge in [0.15, 0.2) is 0 Å². The molecule has 1 unspecified atom stereocenters. The Morgan fingerprint density at radius 2 is 2.07 bits per heavy atom. The van der Waals surface area contributed by atoms with Crippen LogP contribution in [-0.4, -0.2) is 52.1 Å². The van der Waals surface area contributed by atoms with Gasteiger partial charge in [0, 0.05) is 46.0 Å². The van der Waals surface area contributed by atoms with Crippen molar-refractivity contribution >= 4 is 0 Å². The third-order valence-electron chi connectivity index (χ3n) is 2.79. The van der Waals surface area contributed by atoms with Crippen molar-refractivity contribution < 1.29 is 9.47 Å². The zero-order valence-electron chi connectivity index (χ0n) is 9.92. The van der Waals surface area contributed by atoms with Gasteiger partial charge < -0.3 is 20.1 Å². The topological polar surface area (TPSA) is 42.5 Å². The summed E-state index contributed by atoms with van der Waals surface area (Å²) in [6.45, 7) is 6.84. The predicted molar refractivity (Wildman–Crippen MR) is 61.2 cm³/mol. The molecule has 1 aliphatic rings. The maximum atomic E-state index is 5.30. The van der Waals surface area contributed by atoms with Crippen LogP contribution in [0.4, 0.5) is 0 Å². The largest absolute Gasteiger partial charge is 0.381 e. The van der Waals surface area contributed by atoms with Gasteiger partial charge in [-0.05, 0) is 19.8 Å². The molecule has 1 atom stereocenters. The monoisotopic (exact) mass is 216 g/mol. The Labute approximate surface area is 92.7 Å². The van der Waals surface area contributed by atoms with Crippen LogP contribution in [0.15, 0.2) is 0 Å². The van der Waals surface area contributed by atoms with E-state index in [1.165, 1.54) is 0 Å². The van der Waals surface area contributed by atoms with Gasteiger partial charge >= 0.3 is 0 Å². The summed E-state index contributed by atoms with van der Waals surface area (Å²) in [7, 11) is 1.74. The fraction of sp³-hybridized carbons (Fsp3) is 1.00. The van der Waals surface area contributed by atoms with Gasteiger partial charge in [-0.25, -0.2) is 0 Å². The van der Waals surface area contributed by atoms with Crippen LogP contribution in [0.3, 0.4) is 0 Å². The Bertz CT molecular complexity index is 150. The van der Waals surface area contributed by atoms with E-state index in [9.17, 15) is 0 Å². The standard InChI is InChI=1S/C11H24N2O2/c1-10(14-2)9-12-5-6-13-11-3-7-15-8-4-11/h10-13H,3-9H2,1-2H3. The van der Waals surface area contributed by atoms with Crippen molar-refractivity contribution in [3.63, 3.8) is 0 Å². The molecule has 1 aliphatic heterocycles. The lowest BCUT2D eigenvalue weighted by Crippen LogP contribution is -2.39. The maximum Gasteiger partial charge on any atom is 0.0667 e. The number of rotatable bonds is 7. The molecular formula is C11H24N2O2. The molecule has 0 bridgehead atoms. The van der Waals surface area contributed by atoms with Gasteiger partial charge in [0.05, 0.1) is 6.10 Å². The number of nitrogens with one attached hydrogen (secondary N) is 2. The minimum Gasteiger partial charge on any atom is -0.381 e. The molecule has 1 saturated heterocycles. The lowest BCUT2D eigenvalue weighted by molar-refractivity contribution is 0.0779. The molecule has 0 aromatic heterocycles. The smallest absolute Gasteiger partial charge is 0.0667 e. The number of hydrogen-bond donors (Lipinski definition) is 2. The average molecular weight is 216 g/mol. The summed E-state index contributed by atoms with van der Waals surface area (Å²) in [6.07, 6.45) is 2.59. The second-order valence-corrected chi connectivity index (χ2v) is 4.09. The zero-order valence-corrected chi connectivity index (χ0v) is 9.92. The van der Waals surface area contributed by atoms with Crippen molar-refractivity contribution in [1.29, 1.82) is 0 Å². The highest BCUT2D eigenvalue weighted by Gasteiger charge is 2.11. The molecule has 0 aromatic rings. The highest BCUT2D eigenvalue weighted by atomic mass is 16.5. The minimum atomic E-state index is 0.299. The first-order chi connectivity index (χ1) is 7.33. The van der Waals surface area contributed by atoms with Crippen LogP contribution >= 0.6 is 0 Å².